The number of esters is 4. The zero-order valence-corrected chi connectivity index (χ0v) is 68.2. The fraction of sp³-hybridized carbons (Fsp3) is 0.951. The minimum atomic E-state index is -4.96. The molecule has 0 amide bonds. The molecule has 0 bridgehead atoms. The lowest BCUT2D eigenvalue weighted by Gasteiger charge is -2.21. The average molecular weight is 1480 g/mol. The molecule has 0 aromatic rings. The first kappa shape index (κ1) is 99.1. The van der Waals surface area contributed by atoms with Crippen LogP contribution in [0.15, 0.2) is 0 Å². The number of aliphatic hydroxyl groups excluding tert-OH is 1. The summed E-state index contributed by atoms with van der Waals surface area (Å²) in [6.07, 6.45) is 61.3. The number of rotatable bonds is 80. The van der Waals surface area contributed by atoms with Crippen molar-refractivity contribution in [2.45, 2.75) is 446 Å². The Bertz CT molecular complexity index is 1960. The number of hydrogen-bond acceptors (Lipinski definition) is 15. The molecular weight excluding hydrogens is 1320 g/mol. The minimum Gasteiger partial charge on any atom is -0.462 e. The Balaban J connectivity index is 5.22. The highest BCUT2D eigenvalue weighted by atomic mass is 31.2. The van der Waals surface area contributed by atoms with Crippen LogP contribution >= 0.6 is 15.6 Å². The number of unbranched alkanes of at least 4 members (excludes halogenated alkanes) is 48. The van der Waals surface area contributed by atoms with Crippen LogP contribution in [0.25, 0.3) is 0 Å². The molecule has 101 heavy (non-hydrogen) atoms. The zero-order valence-electron chi connectivity index (χ0n) is 66.4. The molecule has 0 spiro atoms. The van der Waals surface area contributed by atoms with Crippen molar-refractivity contribution >= 4 is 39.5 Å². The largest absolute Gasteiger partial charge is 0.472 e. The summed E-state index contributed by atoms with van der Waals surface area (Å²) < 4.78 is 68.7. The molecule has 0 saturated heterocycles. The van der Waals surface area contributed by atoms with Gasteiger partial charge in [-0.1, -0.05) is 376 Å². The van der Waals surface area contributed by atoms with E-state index in [1.165, 1.54) is 231 Å². The summed E-state index contributed by atoms with van der Waals surface area (Å²) in [5, 5.41) is 10.6. The first-order chi connectivity index (χ1) is 48.7. The van der Waals surface area contributed by atoms with Crippen LogP contribution < -0.4 is 0 Å². The van der Waals surface area contributed by atoms with E-state index in [9.17, 15) is 43.2 Å². The van der Waals surface area contributed by atoms with Gasteiger partial charge in [0.15, 0.2) is 12.2 Å². The van der Waals surface area contributed by atoms with Crippen LogP contribution in [0.4, 0.5) is 0 Å². The minimum absolute atomic E-state index is 0.105. The molecule has 600 valence electrons. The molecule has 0 saturated carbocycles. The fourth-order valence-corrected chi connectivity index (χ4v) is 14.2. The predicted molar refractivity (Wildman–Crippen MR) is 414 cm³/mol. The quantitative estimate of drug-likeness (QED) is 0.0222. The van der Waals surface area contributed by atoms with Crippen molar-refractivity contribution < 1.29 is 80.2 Å². The Morgan fingerprint density at radius 2 is 0.455 bits per heavy atom. The highest BCUT2D eigenvalue weighted by Gasteiger charge is 2.30. The topological polar surface area (TPSA) is 237 Å². The van der Waals surface area contributed by atoms with Crippen LogP contribution in [-0.2, 0) is 65.4 Å². The molecule has 0 fully saturated rings. The maximum absolute atomic E-state index is 13.1. The van der Waals surface area contributed by atoms with Gasteiger partial charge in [0.1, 0.15) is 19.3 Å². The van der Waals surface area contributed by atoms with Crippen molar-refractivity contribution in [1.82, 2.24) is 0 Å². The summed E-state index contributed by atoms with van der Waals surface area (Å²) in [6, 6.07) is 0. The second-order valence-corrected chi connectivity index (χ2v) is 33.8. The lowest BCUT2D eigenvalue weighted by Crippen LogP contribution is -2.30. The van der Waals surface area contributed by atoms with Crippen molar-refractivity contribution in [2.24, 2.45) is 17.8 Å². The lowest BCUT2D eigenvalue weighted by molar-refractivity contribution is -0.161. The van der Waals surface area contributed by atoms with E-state index in [0.29, 0.717) is 31.6 Å². The molecule has 3 N–H and O–H groups in total. The van der Waals surface area contributed by atoms with E-state index in [1.54, 1.807) is 0 Å². The summed E-state index contributed by atoms with van der Waals surface area (Å²) >= 11 is 0. The fourth-order valence-electron chi connectivity index (χ4n) is 12.7. The summed E-state index contributed by atoms with van der Waals surface area (Å²) in [7, 11) is -9.92. The third kappa shape index (κ3) is 76.1. The van der Waals surface area contributed by atoms with Crippen LogP contribution in [-0.4, -0.2) is 96.7 Å². The van der Waals surface area contributed by atoms with Gasteiger partial charge in [0.25, 0.3) is 0 Å². The van der Waals surface area contributed by atoms with Gasteiger partial charge in [-0.25, -0.2) is 9.13 Å². The standard InChI is InChI=1S/C82H160O17P2/c1-8-9-10-11-12-13-14-15-16-17-18-19-20-23-27-32-37-42-51-58-65-81(86)98-77(69-92-79(84)63-56-49-41-36-31-26-24-21-22-25-29-34-39-46-53-60-73(2)3)71-96-100(88,89)94-67-76(83)68-95-101(90,91)97-72-78(70-93-80(85)64-57-50-45-44-48-55-62-75(6)7)99-82(87)66-59-52-43-38-33-28-30-35-40-47-54-61-74(4)5/h73-78,83H,8-72H2,1-7H3,(H,88,89)(H,90,91)/t76-,77-,78-/m1/s1. The highest BCUT2D eigenvalue weighted by molar-refractivity contribution is 7.47. The van der Waals surface area contributed by atoms with E-state index in [0.717, 1.165) is 108 Å². The van der Waals surface area contributed by atoms with Gasteiger partial charge in [-0.3, -0.25) is 37.3 Å². The Morgan fingerprint density at radius 3 is 0.673 bits per heavy atom. The van der Waals surface area contributed by atoms with E-state index in [1.807, 2.05) is 0 Å². The van der Waals surface area contributed by atoms with Crippen LogP contribution in [0, 0.1) is 17.8 Å². The number of aliphatic hydroxyl groups is 1. The molecule has 0 aliphatic carbocycles. The second-order valence-electron chi connectivity index (χ2n) is 30.9. The molecule has 0 radical (unpaired) electrons. The van der Waals surface area contributed by atoms with Crippen molar-refractivity contribution in [3.63, 3.8) is 0 Å². The Kier molecular flexibility index (Phi) is 70.9. The van der Waals surface area contributed by atoms with Crippen LogP contribution in [0.1, 0.15) is 427 Å². The molecule has 0 aliphatic rings. The maximum Gasteiger partial charge on any atom is 0.472 e. The number of phosphoric acid groups is 2. The molecule has 0 aromatic heterocycles. The van der Waals surface area contributed by atoms with Crippen molar-refractivity contribution in [3.05, 3.63) is 0 Å². The van der Waals surface area contributed by atoms with Gasteiger partial charge in [-0.15, -0.1) is 0 Å². The first-order valence-corrected chi connectivity index (χ1v) is 45.3. The van der Waals surface area contributed by atoms with Gasteiger partial charge in [0, 0.05) is 25.7 Å². The Hall–Kier alpha value is -1.94. The molecule has 0 rings (SSSR count). The van der Waals surface area contributed by atoms with Crippen LogP contribution in [0.5, 0.6) is 0 Å². The van der Waals surface area contributed by atoms with Crippen LogP contribution in [0.3, 0.4) is 0 Å². The molecule has 5 atom stereocenters. The second kappa shape index (κ2) is 72.3. The molecular formula is C82H160O17P2. The molecule has 19 heteroatoms. The average Bonchev–Trinajstić information content (AvgIpc) is 0.922. The normalized spacial score (nSPS) is 14.0. The van der Waals surface area contributed by atoms with E-state index < -0.39 is 97.5 Å². The SMILES string of the molecule is CCCCCCCCCCCCCCCCCCCCCCC(=O)O[C@H](COC(=O)CCCCCCCCCCCCCCCCCC(C)C)COP(=O)(O)OC[C@@H](O)COP(=O)(O)OC[C@@H](COC(=O)CCCCCCCCC(C)C)OC(=O)CCCCCCCCCCCCCC(C)C. The number of phosphoric ester groups is 2. The van der Waals surface area contributed by atoms with Gasteiger partial charge in [0.2, 0.25) is 0 Å². The van der Waals surface area contributed by atoms with Gasteiger partial charge < -0.3 is 33.8 Å². The third-order valence-corrected chi connectivity index (χ3v) is 21.0. The predicted octanol–water partition coefficient (Wildman–Crippen LogP) is 24.5. The number of carbonyl (C=O) groups is 4. The summed E-state index contributed by atoms with van der Waals surface area (Å²) in [6.45, 7) is 11.9. The van der Waals surface area contributed by atoms with Crippen molar-refractivity contribution in [2.75, 3.05) is 39.6 Å². The first-order valence-electron chi connectivity index (χ1n) is 42.3. The Labute approximate surface area is 619 Å². The molecule has 0 heterocycles. The molecule has 0 aromatic carbocycles. The van der Waals surface area contributed by atoms with Crippen molar-refractivity contribution in [1.29, 1.82) is 0 Å². The van der Waals surface area contributed by atoms with E-state index >= 15 is 0 Å². The smallest absolute Gasteiger partial charge is 0.462 e. The zero-order chi connectivity index (χ0) is 74.4. The number of carbonyl (C=O) groups excluding carboxylic acids is 4. The van der Waals surface area contributed by atoms with Gasteiger partial charge >= 0.3 is 39.5 Å². The lowest BCUT2D eigenvalue weighted by atomic mass is 10.0. The summed E-state index contributed by atoms with van der Waals surface area (Å²) in [5.74, 6) is 0.138. The maximum atomic E-state index is 13.1. The van der Waals surface area contributed by atoms with Gasteiger partial charge in [-0.05, 0) is 43.4 Å². The van der Waals surface area contributed by atoms with E-state index in [2.05, 4.69) is 48.5 Å². The highest BCUT2D eigenvalue weighted by Crippen LogP contribution is 2.45. The molecule has 17 nitrogen and oxygen atoms in total. The van der Waals surface area contributed by atoms with E-state index in [4.69, 9.17) is 37.0 Å². The van der Waals surface area contributed by atoms with Crippen molar-refractivity contribution in [3.8, 4) is 0 Å². The monoisotopic (exact) mass is 1480 g/mol. The number of ether oxygens (including phenoxy) is 4. The summed E-state index contributed by atoms with van der Waals surface area (Å²) in [5.41, 5.74) is 0. The summed E-state index contributed by atoms with van der Waals surface area (Å²) in [4.78, 5) is 73.0. The van der Waals surface area contributed by atoms with Crippen LogP contribution in [0.2, 0.25) is 0 Å². The Morgan fingerprint density at radius 1 is 0.267 bits per heavy atom. The number of hydrogen-bond donors (Lipinski definition) is 3. The molecule has 0 aliphatic heterocycles. The van der Waals surface area contributed by atoms with Gasteiger partial charge in [0.05, 0.1) is 26.4 Å². The molecule has 2 unspecified atom stereocenters. The van der Waals surface area contributed by atoms with Gasteiger partial charge in [-0.2, -0.15) is 0 Å². The third-order valence-electron chi connectivity index (χ3n) is 19.1. The van der Waals surface area contributed by atoms with E-state index in [-0.39, 0.29) is 25.7 Å².